The standard InChI is InChI=1S/2C25H23.C3H6.2ClH.Hf/c2*1-2-8-18(9-3-1)21-16-20-12-7-15-24(25(20)17-21)23-14-6-11-19-10-4-5-13-22(19)23;1-3-2;;;/h2*4-7,10-18H,1-3,8-9H2;1-3H2;2*1H;/q;;;;;+2/p-2. The van der Waals surface area contributed by atoms with E-state index < -0.39 is 20.0 Å². The van der Waals surface area contributed by atoms with Crippen molar-refractivity contribution in [1.29, 1.82) is 0 Å². The van der Waals surface area contributed by atoms with E-state index in [0.717, 1.165) is 11.8 Å². The molecule has 6 aromatic carbocycles. The van der Waals surface area contributed by atoms with Gasteiger partial charge in [-0.05, 0) is 0 Å². The van der Waals surface area contributed by atoms with Gasteiger partial charge in [0.05, 0.1) is 0 Å². The number of rotatable bonds is 6. The van der Waals surface area contributed by atoms with E-state index in [9.17, 15) is 0 Å². The van der Waals surface area contributed by atoms with Gasteiger partial charge in [-0.2, -0.15) is 0 Å². The number of benzene rings is 6. The van der Waals surface area contributed by atoms with Crippen molar-refractivity contribution in [2.75, 3.05) is 0 Å². The van der Waals surface area contributed by atoms with Crippen molar-refractivity contribution in [1.82, 2.24) is 0 Å². The van der Waals surface area contributed by atoms with E-state index in [2.05, 4.69) is 133 Å². The number of hydrogen-bond acceptors (Lipinski definition) is 0. The molecule has 3 fully saturated rings. The molecule has 0 spiro atoms. The van der Waals surface area contributed by atoms with E-state index in [1.807, 2.05) is 11.1 Å². The fourth-order valence-corrected chi connectivity index (χ4v) is 35.3. The molecule has 0 amide bonds. The summed E-state index contributed by atoms with van der Waals surface area (Å²) in [6.45, 7) is 0. The molecule has 3 heteroatoms. The minimum Gasteiger partial charge on any atom is -1.00 e. The average molecular weight is 938 g/mol. The zero-order valence-electron chi connectivity index (χ0n) is 32.5. The Bertz CT molecular complexity index is 2290. The number of halogens is 2. The summed E-state index contributed by atoms with van der Waals surface area (Å²) in [4.78, 5) is 0. The van der Waals surface area contributed by atoms with Crippen LogP contribution in [0.4, 0.5) is 0 Å². The Hall–Kier alpha value is -3.23. The largest absolute Gasteiger partial charge is 1.00 e. The first kappa shape index (κ1) is 38.3. The summed E-state index contributed by atoms with van der Waals surface area (Å²) >= 11 is -3.27. The van der Waals surface area contributed by atoms with Crippen molar-refractivity contribution in [3.05, 3.63) is 155 Å². The summed E-state index contributed by atoms with van der Waals surface area (Å²) in [6, 6.07) is 47.1. The first-order valence-corrected chi connectivity index (χ1v) is 30.7. The van der Waals surface area contributed by atoms with Gasteiger partial charge in [-0.25, -0.2) is 0 Å². The van der Waals surface area contributed by atoms with Gasteiger partial charge in [-0.15, -0.1) is 0 Å². The van der Waals surface area contributed by atoms with Gasteiger partial charge in [0.2, 0.25) is 0 Å². The van der Waals surface area contributed by atoms with Crippen LogP contribution < -0.4 is 24.8 Å². The van der Waals surface area contributed by atoms with Gasteiger partial charge in [0.1, 0.15) is 0 Å². The van der Waals surface area contributed by atoms with Gasteiger partial charge in [-0.1, -0.05) is 0 Å². The van der Waals surface area contributed by atoms with Crippen LogP contribution in [0.3, 0.4) is 0 Å². The van der Waals surface area contributed by atoms with Gasteiger partial charge in [-0.3, -0.25) is 0 Å². The Morgan fingerprint density at radius 1 is 0.375 bits per heavy atom. The van der Waals surface area contributed by atoms with E-state index >= 15 is 0 Å². The molecule has 0 N–H and O–H groups in total. The van der Waals surface area contributed by atoms with Crippen LogP contribution in [0.1, 0.15) is 100 Å². The van der Waals surface area contributed by atoms with Crippen molar-refractivity contribution in [2.45, 2.75) is 86.3 Å². The number of hydrogen-bond donors (Lipinski definition) is 0. The van der Waals surface area contributed by atoms with Crippen LogP contribution in [-0.2, 0) is 20.0 Å². The number of fused-ring (bicyclic) bond motifs is 4. The predicted molar refractivity (Wildman–Crippen MR) is 228 cm³/mol. The minimum absolute atomic E-state index is 0. The second-order valence-corrected chi connectivity index (χ2v) is 34.2. The monoisotopic (exact) mass is 938 g/mol. The number of allylic oxidation sites excluding steroid dienone is 2. The smallest absolute Gasteiger partial charge is 1.00 e. The molecule has 0 aromatic heterocycles. The quantitative estimate of drug-likeness (QED) is 0.146. The molecule has 1 heterocycles. The molecule has 0 nitrogen and oxygen atoms in total. The molecule has 2 atom stereocenters. The molecule has 6 aromatic rings. The molecular weight excluding hydrogens is 886 g/mol. The van der Waals surface area contributed by atoms with E-state index in [1.54, 1.807) is 30.6 Å². The van der Waals surface area contributed by atoms with Crippen molar-refractivity contribution in [3.63, 3.8) is 0 Å². The van der Waals surface area contributed by atoms with Crippen molar-refractivity contribution < 1.29 is 44.8 Å². The van der Waals surface area contributed by atoms with E-state index in [0.29, 0.717) is 7.35 Å². The van der Waals surface area contributed by atoms with Crippen LogP contribution in [0, 0.1) is 11.8 Å². The third-order valence-corrected chi connectivity index (χ3v) is 37.1. The molecule has 0 bridgehead atoms. The minimum atomic E-state index is -3.27. The molecule has 2 unspecified atom stereocenters. The maximum atomic E-state index is 2.82. The van der Waals surface area contributed by atoms with Crippen LogP contribution in [0.5, 0.6) is 0 Å². The second-order valence-electron chi connectivity index (χ2n) is 17.6. The van der Waals surface area contributed by atoms with Gasteiger partial charge >= 0.3 is 329 Å². The fraction of sp³-hybridized carbons (Fsp3) is 0.321. The second kappa shape index (κ2) is 15.8. The van der Waals surface area contributed by atoms with E-state index in [1.165, 1.54) is 114 Å². The summed E-state index contributed by atoms with van der Waals surface area (Å²) in [5.41, 5.74) is 16.2. The topological polar surface area (TPSA) is 0 Å². The summed E-state index contributed by atoms with van der Waals surface area (Å²) in [5.74, 6) is 1.50. The van der Waals surface area contributed by atoms with Crippen LogP contribution in [0.2, 0.25) is 8.35 Å². The Morgan fingerprint density at radius 2 is 0.768 bits per heavy atom. The van der Waals surface area contributed by atoms with Crippen molar-refractivity contribution >= 4 is 33.7 Å². The predicted octanol–water partition coefficient (Wildman–Crippen LogP) is 9.47. The molecule has 1 saturated heterocycles. The van der Waals surface area contributed by atoms with Crippen molar-refractivity contribution in [2.24, 2.45) is 11.8 Å². The first-order chi connectivity index (χ1) is 26.8. The van der Waals surface area contributed by atoms with Gasteiger partial charge in [0.15, 0.2) is 0 Å². The summed E-state index contributed by atoms with van der Waals surface area (Å²) in [7, 11) is 0. The maximum absolute atomic E-state index is 3.27. The third kappa shape index (κ3) is 6.17. The molecule has 282 valence electrons. The molecule has 56 heavy (non-hydrogen) atoms. The van der Waals surface area contributed by atoms with Crippen LogP contribution in [-0.4, -0.2) is 0 Å². The van der Waals surface area contributed by atoms with Gasteiger partial charge in [0.25, 0.3) is 0 Å². The molecule has 2 saturated carbocycles. The normalized spacial score (nSPS) is 21.1. The maximum Gasteiger partial charge on any atom is -1.00 e. The van der Waals surface area contributed by atoms with Crippen LogP contribution in [0.25, 0.3) is 56.0 Å². The third-order valence-electron chi connectivity index (χ3n) is 14.9. The molecular formula is C53H52Cl2Hf. The molecule has 1 aliphatic heterocycles. The van der Waals surface area contributed by atoms with E-state index in [4.69, 9.17) is 0 Å². The summed E-state index contributed by atoms with van der Waals surface area (Å²) < 4.78 is 4.49. The Kier molecular flexibility index (Phi) is 10.8. The Balaban J connectivity index is 0.00000205. The Labute approximate surface area is 351 Å². The van der Waals surface area contributed by atoms with Crippen molar-refractivity contribution in [3.8, 4) is 22.3 Å². The Morgan fingerprint density at radius 3 is 1.20 bits per heavy atom. The molecule has 4 aliphatic carbocycles. The first-order valence-electron chi connectivity index (χ1n) is 21.4. The van der Waals surface area contributed by atoms with E-state index in [-0.39, 0.29) is 24.8 Å². The molecule has 0 radical (unpaired) electrons. The van der Waals surface area contributed by atoms with Gasteiger partial charge < -0.3 is 24.8 Å². The summed E-state index contributed by atoms with van der Waals surface area (Å²) in [6.07, 6.45) is 21.1. The zero-order chi connectivity index (χ0) is 35.6. The van der Waals surface area contributed by atoms with Gasteiger partial charge in [0, 0.05) is 0 Å². The molecule has 11 rings (SSSR count). The SMILES string of the molecule is C1=C(C2CCCCC2)[CH]([Hf+2]2([CH]3C(C4CCCCC4)=Cc4c(-c5cccc6ccccc56)cccc43)[CH2]C[CH2]2)c2cccc(-c3cccc4ccccc34)c21.[Cl-].[Cl-]. The average Bonchev–Trinajstić information content (AvgIpc) is 3.81. The molecule has 5 aliphatic rings. The fourth-order valence-electron chi connectivity index (χ4n) is 12.4. The van der Waals surface area contributed by atoms with Crippen LogP contribution in [0.15, 0.2) is 132 Å². The van der Waals surface area contributed by atoms with Crippen LogP contribution >= 0.6 is 0 Å². The summed E-state index contributed by atoms with van der Waals surface area (Å²) in [5, 5.41) is 5.48. The zero-order valence-corrected chi connectivity index (χ0v) is 37.6.